The van der Waals surface area contributed by atoms with Crippen LogP contribution in [0.5, 0.6) is 0 Å². The van der Waals surface area contributed by atoms with Crippen molar-refractivity contribution in [3.05, 3.63) is 65.5 Å². The van der Waals surface area contributed by atoms with Gasteiger partial charge in [0.1, 0.15) is 11.7 Å². The molecule has 2 aromatic carbocycles. The maximum atomic E-state index is 13.7. The standard InChI is InChI=1S/C26H31FN2O7S/c1-5-35-24(30)22-20(28-29-37(33,34)19-13-7-16(3)8-14-19)15-26(4,32)23(25(31)36-6-2)21(22)17-9-11-18(27)12-10-17/h7-14,21-23,29,32H,5-6,15H2,1-4H3/b28-20-/t21-,22+,23+,26-/m0/s1. The number of sulfonamides is 1. The fraction of sp³-hybridized carbons (Fsp3) is 0.423. The van der Waals surface area contributed by atoms with Gasteiger partial charge in [0.15, 0.2) is 0 Å². The number of rotatable bonds is 8. The highest BCUT2D eigenvalue weighted by molar-refractivity contribution is 7.89. The summed E-state index contributed by atoms with van der Waals surface area (Å²) >= 11 is 0. The van der Waals surface area contributed by atoms with Crippen molar-refractivity contribution in [1.29, 1.82) is 0 Å². The third-order valence-corrected chi connectivity index (χ3v) is 7.49. The van der Waals surface area contributed by atoms with Crippen LogP contribution in [0.25, 0.3) is 0 Å². The topological polar surface area (TPSA) is 131 Å². The zero-order valence-electron chi connectivity index (χ0n) is 21.1. The van der Waals surface area contributed by atoms with Crippen molar-refractivity contribution in [2.45, 2.75) is 50.5 Å². The second-order valence-corrected chi connectivity index (χ2v) is 10.7. The number of nitrogens with one attached hydrogen (secondary N) is 1. The zero-order chi connectivity index (χ0) is 27.4. The Kier molecular flexibility index (Phi) is 8.70. The predicted octanol–water partition coefficient (Wildman–Crippen LogP) is 3.07. The van der Waals surface area contributed by atoms with Crippen LogP contribution in [0.2, 0.25) is 0 Å². The van der Waals surface area contributed by atoms with Gasteiger partial charge in [0.25, 0.3) is 10.0 Å². The molecule has 0 saturated heterocycles. The van der Waals surface area contributed by atoms with Crippen LogP contribution in [0.4, 0.5) is 4.39 Å². The second-order valence-electron chi connectivity index (χ2n) is 9.08. The van der Waals surface area contributed by atoms with Crippen LogP contribution in [0.1, 0.15) is 44.2 Å². The molecule has 37 heavy (non-hydrogen) atoms. The lowest BCUT2D eigenvalue weighted by molar-refractivity contribution is -0.163. The van der Waals surface area contributed by atoms with Gasteiger partial charge in [-0.15, -0.1) is 0 Å². The van der Waals surface area contributed by atoms with E-state index in [-0.39, 0.29) is 30.2 Å². The number of aryl methyl sites for hydroxylation is 1. The first-order chi connectivity index (χ1) is 17.4. The highest BCUT2D eigenvalue weighted by Gasteiger charge is 2.56. The van der Waals surface area contributed by atoms with E-state index in [4.69, 9.17) is 9.47 Å². The Bertz CT molecular complexity index is 1260. The van der Waals surface area contributed by atoms with Crippen LogP contribution in [0, 0.1) is 24.6 Å². The van der Waals surface area contributed by atoms with Crippen LogP contribution < -0.4 is 4.83 Å². The number of hydrogen-bond acceptors (Lipinski definition) is 8. The van der Waals surface area contributed by atoms with E-state index in [0.29, 0.717) is 5.56 Å². The van der Waals surface area contributed by atoms with Crippen molar-refractivity contribution in [3.8, 4) is 0 Å². The Morgan fingerprint density at radius 3 is 2.19 bits per heavy atom. The Morgan fingerprint density at radius 1 is 1.05 bits per heavy atom. The van der Waals surface area contributed by atoms with Crippen molar-refractivity contribution in [3.63, 3.8) is 0 Å². The number of carbonyl (C=O) groups is 2. The molecular formula is C26H31FN2O7S. The van der Waals surface area contributed by atoms with E-state index in [1.807, 2.05) is 6.92 Å². The van der Waals surface area contributed by atoms with Gasteiger partial charge < -0.3 is 14.6 Å². The Hall–Kier alpha value is -3.31. The minimum atomic E-state index is -4.11. The first kappa shape index (κ1) is 28.3. The molecule has 1 saturated carbocycles. The Balaban J connectivity index is 2.15. The summed E-state index contributed by atoms with van der Waals surface area (Å²) in [7, 11) is -4.11. The summed E-state index contributed by atoms with van der Waals surface area (Å²) in [6.07, 6.45) is -0.325. The van der Waals surface area contributed by atoms with E-state index in [9.17, 15) is 27.5 Å². The predicted molar refractivity (Wildman–Crippen MR) is 134 cm³/mol. The van der Waals surface area contributed by atoms with Crippen LogP contribution in [-0.2, 0) is 29.1 Å². The summed E-state index contributed by atoms with van der Waals surface area (Å²) in [6.45, 7) is 6.45. The number of nitrogens with zero attached hydrogens (tertiary/aromatic N) is 1. The summed E-state index contributed by atoms with van der Waals surface area (Å²) in [4.78, 5) is 28.4. The molecule has 3 rings (SSSR count). The van der Waals surface area contributed by atoms with Crippen LogP contribution in [0.15, 0.2) is 58.5 Å². The van der Waals surface area contributed by atoms with Gasteiger partial charge in [0, 0.05) is 12.3 Å². The number of carbonyl (C=O) groups excluding carboxylic acids is 2. The molecule has 0 aromatic heterocycles. The fourth-order valence-corrected chi connectivity index (χ4v) is 5.43. The number of hydrazone groups is 1. The van der Waals surface area contributed by atoms with Crippen molar-refractivity contribution < 1.29 is 37.0 Å². The highest BCUT2D eigenvalue weighted by Crippen LogP contribution is 2.47. The molecule has 0 heterocycles. The number of aliphatic hydroxyl groups is 1. The number of hydrogen-bond donors (Lipinski definition) is 2. The molecule has 0 aliphatic heterocycles. The summed E-state index contributed by atoms with van der Waals surface area (Å²) in [5, 5.41) is 15.5. The van der Waals surface area contributed by atoms with Crippen molar-refractivity contribution in [1.82, 2.24) is 4.83 Å². The fourth-order valence-electron chi connectivity index (χ4n) is 4.59. The molecule has 0 bridgehead atoms. The lowest BCUT2D eigenvalue weighted by atomic mass is 9.61. The lowest BCUT2D eigenvalue weighted by Crippen LogP contribution is -2.55. The number of halogens is 1. The maximum Gasteiger partial charge on any atom is 0.315 e. The Morgan fingerprint density at radius 2 is 1.62 bits per heavy atom. The molecule has 1 fully saturated rings. The third-order valence-electron chi connectivity index (χ3n) is 6.26. The first-order valence-corrected chi connectivity index (χ1v) is 13.4. The van der Waals surface area contributed by atoms with E-state index in [0.717, 1.165) is 5.56 Å². The van der Waals surface area contributed by atoms with Gasteiger partial charge in [-0.05, 0) is 57.5 Å². The molecule has 1 aliphatic carbocycles. The smallest absolute Gasteiger partial charge is 0.315 e. The largest absolute Gasteiger partial charge is 0.466 e. The lowest BCUT2D eigenvalue weighted by Gasteiger charge is -2.45. The van der Waals surface area contributed by atoms with Crippen molar-refractivity contribution in [2.24, 2.45) is 16.9 Å². The van der Waals surface area contributed by atoms with Gasteiger partial charge >= 0.3 is 11.9 Å². The van der Waals surface area contributed by atoms with E-state index in [2.05, 4.69) is 9.93 Å². The van der Waals surface area contributed by atoms with Crippen molar-refractivity contribution >= 4 is 27.7 Å². The average molecular weight is 535 g/mol. The number of benzene rings is 2. The van der Waals surface area contributed by atoms with Crippen LogP contribution >= 0.6 is 0 Å². The maximum absolute atomic E-state index is 13.7. The minimum Gasteiger partial charge on any atom is -0.466 e. The van der Waals surface area contributed by atoms with Gasteiger partial charge in [-0.2, -0.15) is 13.5 Å². The van der Waals surface area contributed by atoms with E-state index in [1.165, 1.54) is 43.3 Å². The summed E-state index contributed by atoms with van der Waals surface area (Å²) in [6, 6.07) is 11.2. The molecule has 0 radical (unpaired) electrons. The zero-order valence-corrected chi connectivity index (χ0v) is 21.9. The molecular weight excluding hydrogens is 503 g/mol. The van der Waals surface area contributed by atoms with E-state index < -0.39 is 51.1 Å². The van der Waals surface area contributed by atoms with E-state index in [1.54, 1.807) is 26.0 Å². The summed E-state index contributed by atoms with van der Waals surface area (Å²) < 4.78 is 50.0. The minimum absolute atomic E-state index is 0.00824. The van der Waals surface area contributed by atoms with Gasteiger partial charge in [0.2, 0.25) is 0 Å². The molecule has 1 aliphatic rings. The molecule has 0 unspecified atom stereocenters. The second kappa shape index (κ2) is 11.4. The molecule has 11 heteroatoms. The van der Waals surface area contributed by atoms with Gasteiger partial charge in [-0.1, -0.05) is 29.8 Å². The number of esters is 2. The molecule has 2 N–H and O–H groups in total. The van der Waals surface area contributed by atoms with Gasteiger partial charge in [0.05, 0.1) is 35.3 Å². The van der Waals surface area contributed by atoms with Crippen LogP contribution in [-0.4, -0.2) is 50.0 Å². The molecule has 2 aromatic rings. The monoisotopic (exact) mass is 534 g/mol. The molecule has 200 valence electrons. The van der Waals surface area contributed by atoms with E-state index >= 15 is 0 Å². The van der Waals surface area contributed by atoms with Crippen molar-refractivity contribution in [2.75, 3.05) is 13.2 Å². The highest BCUT2D eigenvalue weighted by atomic mass is 32.2. The quantitative estimate of drug-likeness (QED) is 0.393. The summed E-state index contributed by atoms with van der Waals surface area (Å²) in [5.74, 6) is -5.65. The average Bonchev–Trinajstić information content (AvgIpc) is 2.83. The normalized spacial score (nSPS) is 24.9. The van der Waals surface area contributed by atoms with Gasteiger partial charge in [-0.3, -0.25) is 9.59 Å². The summed E-state index contributed by atoms with van der Waals surface area (Å²) in [5.41, 5.74) is -0.605. The third kappa shape index (κ3) is 6.34. The number of ether oxygens (including phenoxy) is 2. The molecule has 0 amide bonds. The molecule has 4 atom stereocenters. The SMILES string of the molecule is CCOC(=O)[C@@H]1/C(=N\NS(=O)(=O)c2ccc(C)cc2)C[C@](C)(O)[C@@H](C(=O)OCC)[C@H]1c1ccc(F)cc1. The van der Waals surface area contributed by atoms with Crippen LogP contribution in [0.3, 0.4) is 0 Å². The molecule has 9 nitrogen and oxygen atoms in total. The van der Waals surface area contributed by atoms with Gasteiger partial charge in [-0.25, -0.2) is 9.22 Å². The Labute approximate surface area is 215 Å². The molecule has 0 spiro atoms. The first-order valence-electron chi connectivity index (χ1n) is 11.9.